The molecule has 1 atom stereocenters. The number of aromatic nitrogens is 1. The van der Waals surface area contributed by atoms with E-state index in [1.165, 1.54) is 13.0 Å². The fourth-order valence-corrected chi connectivity index (χ4v) is 3.80. The zero-order valence-electron chi connectivity index (χ0n) is 16.3. The first-order valence-corrected chi connectivity index (χ1v) is 9.68. The second kappa shape index (κ2) is 8.04. The second-order valence-electron chi connectivity index (χ2n) is 7.03. The molecule has 9 heteroatoms. The molecule has 1 N–H and O–H groups in total. The van der Waals surface area contributed by atoms with Gasteiger partial charge in [0.15, 0.2) is 6.10 Å². The summed E-state index contributed by atoms with van der Waals surface area (Å²) in [7, 11) is 1.67. The van der Waals surface area contributed by atoms with E-state index in [1.54, 1.807) is 30.7 Å². The van der Waals surface area contributed by atoms with Crippen molar-refractivity contribution < 1.29 is 27.8 Å². The van der Waals surface area contributed by atoms with Gasteiger partial charge in [0.05, 0.1) is 10.6 Å². The molecule has 3 rings (SSSR count). The number of aliphatic carboxylic acids is 1. The predicted molar refractivity (Wildman–Crippen MR) is 110 cm³/mol. The van der Waals surface area contributed by atoms with Crippen molar-refractivity contribution in [3.8, 4) is 5.75 Å². The summed E-state index contributed by atoms with van der Waals surface area (Å²) in [6.07, 6.45) is -5.33. The van der Waals surface area contributed by atoms with E-state index >= 15 is 0 Å². The van der Waals surface area contributed by atoms with Gasteiger partial charge in [0.2, 0.25) is 0 Å². The van der Waals surface area contributed by atoms with Gasteiger partial charge >= 0.3 is 12.1 Å². The molecule has 3 aromatic rings. The average molecular weight is 460 g/mol. The lowest BCUT2D eigenvalue weighted by atomic mass is 10.1. The Morgan fingerprint density at radius 3 is 2.50 bits per heavy atom. The Bertz CT molecular complexity index is 1140. The molecule has 0 aliphatic rings. The van der Waals surface area contributed by atoms with Crippen molar-refractivity contribution in [2.45, 2.75) is 32.5 Å². The van der Waals surface area contributed by atoms with E-state index < -0.39 is 23.8 Å². The van der Waals surface area contributed by atoms with Crippen LogP contribution in [0.2, 0.25) is 10.0 Å². The first-order valence-electron chi connectivity index (χ1n) is 8.92. The molecule has 160 valence electrons. The average Bonchev–Trinajstić information content (AvgIpc) is 2.96. The maximum Gasteiger partial charge on any atom is 0.416 e. The van der Waals surface area contributed by atoms with E-state index in [0.29, 0.717) is 32.7 Å². The van der Waals surface area contributed by atoms with Crippen molar-refractivity contribution in [3.05, 3.63) is 62.8 Å². The predicted octanol–water partition coefficient (Wildman–Crippen LogP) is 6.26. The number of ether oxygens (including phenoxy) is 1. The number of carboxylic acid groups (broad SMARTS) is 1. The molecule has 4 nitrogen and oxygen atoms in total. The summed E-state index contributed by atoms with van der Waals surface area (Å²) < 4.78 is 46.6. The maximum absolute atomic E-state index is 13.2. The number of hydrogen-bond acceptors (Lipinski definition) is 2. The summed E-state index contributed by atoms with van der Waals surface area (Å²) in [5.74, 6) is -0.979. The largest absolute Gasteiger partial charge is 0.479 e. The highest BCUT2D eigenvalue weighted by molar-refractivity contribution is 6.37. The Morgan fingerprint density at radius 2 is 1.90 bits per heavy atom. The molecular formula is C21H18Cl2F3NO3. The third-order valence-electron chi connectivity index (χ3n) is 4.96. The number of carboxylic acids is 1. The van der Waals surface area contributed by atoms with Crippen LogP contribution in [0.4, 0.5) is 13.2 Å². The molecule has 0 fully saturated rings. The van der Waals surface area contributed by atoms with E-state index in [0.717, 1.165) is 12.1 Å². The van der Waals surface area contributed by atoms with E-state index in [1.807, 2.05) is 0 Å². The SMILES string of the molecule is Cc1cc(C(F)(F)F)cc2c1cc(Cc1c(Cl)ccc(OC(C)C(=O)O)c1Cl)n2C. The lowest BCUT2D eigenvalue weighted by Crippen LogP contribution is -2.23. The van der Waals surface area contributed by atoms with Gasteiger partial charge in [0, 0.05) is 35.1 Å². The van der Waals surface area contributed by atoms with Crippen LogP contribution in [0.15, 0.2) is 30.3 Å². The highest BCUT2D eigenvalue weighted by Crippen LogP contribution is 2.38. The topological polar surface area (TPSA) is 51.5 Å². The minimum Gasteiger partial charge on any atom is -0.479 e. The molecule has 0 radical (unpaired) electrons. The molecule has 0 saturated carbocycles. The number of halogens is 5. The summed E-state index contributed by atoms with van der Waals surface area (Å²) in [6.45, 7) is 3.00. The first kappa shape index (κ1) is 22.3. The van der Waals surface area contributed by atoms with Gasteiger partial charge in [-0.25, -0.2) is 4.79 Å². The van der Waals surface area contributed by atoms with Gasteiger partial charge in [-0.1, -0.05) is 23.2 Å². The molecule has 0 aliphatic heterocycles. The summed E-state index contributed by atoms with van der Waals surface area (Å²) in [6, 6.07) is 7.05. The number of rotatable bonds is 5. The van der Waals surface area contributed by atoms with Gasteiger partial charge in [0.1, 0.15) is 5.75 Å². The van der Waals surface area contributed by atoms with Crippen LogP contribution in [0.25, 0.3) is 10.9 Å². The minimum absolute atomic E-state index is 0.161. The number of fused-ring (bicyclic) bond motifs is 1. The van der Waals surface area contributed by atoms with Crippen molar-refractivity contribution >= 4 is 40.1 Å². The third-order valence-corrected chi connectivity index (χ3v) is 5.72. The fourth-order valence-electron chi connectivity index (χ4n) is 3.25. The van der Waals surface area contributed by atoms with Crippen molar-refractivity contribution in [1.29, 1.82) is 0 Å². The summed E-state index contributed by atoms with van der Waals surface area (Å²) >= 11 is 12.7. The van der Waals surface area contributed by atoms with Crippen LogP contribution in [0.3, 0.4) is 0 Å². The van der Waals surface area contributed by atoms with E-state index in [2.05, 4.69) is 0 Å². The Kier molecular flexibility index (Phi) is 5.98. The zero-order chi connectivity index (χ0) is 22.4. The number of benzene rings is 2. The van der Waals surface area contributed by atoms with Crippen LogP contribution in [0.5, 0.6) is 5.75 Å². The number of aryl methyl sites for hydroxylation is 2. The molecule has 1 heterocycles. The number of carbonyl (C=O) groups is 1. The maximum atomic E-state index is 13.2. The van der Waals surface area contributed by atoms with Crippen molar-refractivity contribution in [3.63, 3.8) is 0 Å². The highest BCUT2D eigenvalue weighted by Gasteiger charge is 2.31. The lowest BCUT2D eigenvalue weighted by Gasteiger charge is -2.15. The van der Waals surface area contributed by atoms with E-state index in [4.69, 9.17) is 33.0 Å². The molecule has 0 saturated heterocycles. The van der Waals surface area contributed by atoms with Gasteiger partial charge in [0.25, 0.3) is 0 Å². The van der Waals surface area contributed by atoms with Crippen LogP contribution in [0.1, 0.15) is 29.3 Å². The number of hydrogen-bond donors (Lipinski definition) is 1. The van der Waals surface area contributed by atoms with Gasteiger partial charge in [-0.05, 0) is 55.3 Å². The Labute approximate surface area is 180 Å². The van der Waals surface area contributed by atoms with Gasteiger partial charge < -0.3 is 14.4 Å². The molecule has 0 aliphatic carbocycles. The minimum atomic E-state index is -4.44. The summed E-state index contributed by atoms with van der Waals surface area (Å²) in [4.78, 5) is 11.1. The Morgan fingerprint density at radius 1 is 1.23 bits per heavy atom. The van der Waals surface area contributed by atoms with Crippen LogP contribution >= 0.6 is 23.2 Å². The molecule has 0 spiro atoms. The Hall–Kier alpha value is -2.38. The van der Waals surface area contributed by atoms with Crippen molar-refractivity contribution in [1.82, 2.24) is 4.57 Å². The van der Waals surface area contributed by atoms with Crippen LogP contribution in [-0.2, 0) is 24.4 Å². The monoisotopic (exact) mass is 459 g/mol. The van der Waals surface area contributed by atoms with Crippen LogP contribution in [-0.4, -0.2) is 21.7 Å². The van der Waals surface area contributed by atoms with Gasteiger partial charge in [-0.3, -0.25) is 0 Å². The molecule has 0 amide bonds. The standard InChI is InChI=1S/C21H18Cl2F3NO3/c1-10-6-12(21(24,25)26)7-17-14(10)8-13(27(17)3)9-15-16(22)4-5-18(19(15)23)30-11(2)20(28)29/h4-8,11H,9H2,1-3H3,(H,28,29). The molecule has 1 unspecified atom stereocenters. The third kappa shape index (κ3) is 4.23. The number of nitrogens with zero attached hydrogens (tertiary/aromatic N) is 1. The first-order chi connectivity index (χ1) is 13.9. The van der Waals surface area contributed by atoms with Gasteiger partial charge in [-0.15, -0.1) is 0 Å². The smallest absolute Gasteiger partial charge is 0.416 e. The highest BCUT2D eigenvalue weighted by atomic mass is 35.5. The zero-order valence-corrected chi connectivity index (χ0v) is 17.8. The molecular weight excluding hydrogens is 442 g/mol. The molecule has 0 bridgehead atoms. The fraction of sp³-hybridized carbons (Fsp3) is 0.286. The van der Waals surface area contributed by atoms with Gasteiger partial charge in [-0.2, -0.15) is 13.2 Å². The lowest BCUT2D eigenvalue weighted by molar-refractivity contribution is -0.144. The normalized spacial score (nSPS) is 12.9. The van der Waals surface area contributed by atoms with Crippen LogP contribution < -0.4 is 4.74 Å². The van der Waals surface area contributed by atoms with E-state index in [9.17, 15) is 18.0 Å². The number of alkyl halides is 3. The van der Waals surface area contributed by atoms with E-state index in [-0.39, 0.29) is 17.2 Å². The van der Waals surface area contributed by atoms with Crippen molar-refractivity contribution in [2.75, 3.05) is 0 Å². The second-order valence-corrected chi connectivity index (χ2v) is 7.82. The summed E-state index contributed by atoms with van der Waals surface area (Å²) in [5, 5.41) is 10.2. The quantitative estimate of drug-likeness (QED) is 0.490. The van der Waals surface area contributed by atoms with Crippen LogP contribution in [0, 0.1) is 6.92 Å². The Balaban J connectivity index is 2.05. The molecule has 2 aromatic carbocycles. The van der Waals surface area contributed by atoms with Crippen molar-refractivity contribution in [2.24, 2.45) is 7.05 Å². The molecule has 1 aromatic heterocycles. The summed E-state index contributed by atoms with van der Waals surface area (Å²) in [5.41, 5.74) is 1.42. The molecule has 30 heavy (non-hydrogen) atoms.